The minimum atomic E-state index is -0.492. The second-order valence-electron chi connectivity index (χ2n) is 6.85. The Morgan fingerprint density at radius 1 is 0.923 bits per heavy atom. The maximum absolute atomic E-state index is 6.59. The third-order valence-corrected chi connectivity index (χ3v) is 5.91. The average molecular weight is 379 g/mol. The molecule has 1 fully saturated rings. The fourth-order valence-corrected chi connectivity index (χ4v) is 4.78. The van der Waals surface area contributed by atoms with E-state index >= 15 is 0 Å². The van der Waals surface area contributed by atoms with Gasteiger partial charge in [0.2, 0.25) is 0 Å². The molecule has 1 aliphatic heterocycles. The lowest BCUT2D eigenvalue weighted by Crippen LogP contribution is -2.46. The third kappa shape index (κ3) is 2.24. The summed E-state index contributed by atoms with van der Waals surface area (Å²) in [5.41, 5.74) is 4.22. The monoisotopic (exact) mass is 378 g/mol. The van der Waals surface area contributed by atoms with Crippen molar-refractivity contribution in [1.29, 1.82) is 0 Å². The van der Waals surface area contributed by atoms with Gasteiger partial charge in [0.15, 0.2) is 5.60 Å². The average Bonchev–Trinajstić information content (AvgIpc) is 2.91. The first-order chi connectivity index (χ1) is 12.7. The number of ether oxygens (including phenoxy) is 1. The molecular formula is C23H16Cl2O. The van der Waals surface area contributed by atoms with Crippen LogP contribution in [0.15, 0.2) is 78.4 Å². The summed E-state index contributed by atoms with van der Waals surface area (Å²) < 4.78 is 6.59. The Morgan fingerprint density at radius 2 is 1.62 bits per heavy atom. The number of hydrogen-bond donors (Lipinski definition) is 0. The first kappa shape index (κ1) is 16.0. The molecule has 0 spiro atoms. The Morgan fingerprint density at radius 3 is 2.35 bits per heavy atom. The maximum Gasteiger partial charge on any atom is 0.163 e. The van der Waals surface area contributed by atoms with Crippen LogP contribution in [-0.2, 0) is 5.60 Å². The topological polar surface area (TPSA) is 9.23 Å². The molecule has 1 saturated carbocycles. The molecule has 1 aliphatic carbocycles. The van der Waals surface area contributed by atoms with Gasteiger partial charge in [-0.1, -0.05) is 89.9 Å². The quantitative estimate of drug-likeness (QED) is 0.473. The molecule has 0 N–H and O–H groups in total. The molecule has 5 rings (SSSR count). The summed E-state index contributed by atoms with van der Waals surface area (Å²) in [6.45, 7) is 0. The van der Waals surface area contributed by atoms with Gasteiger partial charge >= 0.3 is 0 Å². The molecule has 2 atom stereocenters. The van der Waals surface area contributed by atoms with Crippen molar-refractivity contribution >= 4 is 29.3 Å². The summed E-state index contributed by atoms with van der Waals surface area (Å²) in [7, 11) is 0. The van der Waals surface area contributed by atoms with Gasteiger partial charge in [0.25, 0.3) is 0 Å². The lowest BCUT2D eigenvalue weighted by atomic mass is 9.60. The highest BCUT2D eigenvalue weighted by Crippen LogP contribution is 2.66. The standard InChI is InChI=1S/C23H16Cl2O/c24-18-13-19-20-12-17(11-15-7-3-1-4-8-15)23(20,16-9-5-2-6-10-16)26-22(19)21(25)14-18/h1-11,13-14,20H,12H2/t20-,23-/m1/s1. The molecule has 0 radical (unpaired) electrons. The summed E-state index contributed by atoms with van der Waals surface area (Å²) in [4.78, 5) is 0. The molecule has 0 saturated heterocycles. The molecule has 1 nitrogen and oxygen atoms in total. The predicted octanol–water partition coefficient (Wildman–Crippen LogP) is 6.85. The predicted molar refractivity (Wildman–Crippen MR) is 107 cm³/mol. The van der Waals surface area contributed by atoms with E-state index in [0.29, 0.717) is 10.0 Å². The molecule has 3 heteroatoms. The van der Waals surface area contributed by atoms with E-state index in [9.17, 15) is 0 Å². The van der Waals surface area contributed by atoms with Gasteiger partial charge in [0, 0.05) is 22.1 Å². The van der Waals surface area contributed by atoms with Gasteiger partial charge < -0.3 is 4.74 Å². The fraction of sp³-hybridized carbons (Fsp3) is 0.130. The SMILES string of the molecule is Clc1cc(Cl)c2c(c1)[C@H]1CC(=Cc3ccccc3)[C@@]1(c1ccccc1)O2. The van der Waals surface area contributed by atoms with Crippen molar-refractivity contribution in [1.82, 2.24) is 0 Å². The molecule has 0 bridgehead atoms. The Labute approximate surface area is 162 Å². The molecule has 26 heavy (non-hydrogen) atoms. The van der Waals surface area contributed by atoms with E-state index in [0.717, 1.165) is 23.3 Å². The summed E-state index contributed by atoms with van der Waals surface area (Å²) in [5.74, 6) is 0.993. The second-order valence-corrected chi connectivity index (χ2v) is 7.69. The molecule has 1 heterocycles. The number of benzene rings is 3. The maximum atomic E-state index is 6.59. The molecule has 3 aromatic rings. The van der Waals surface area contributed by atoms with Crippen LogP contribution in [0.2, 0.25) is 10.0 Å². The van der Waals surface area contributed by atoms with Crippen molar-refractivity contribution in [3.63, 3.8) is 0 Å². The van der Waals surface area contributed by atoms with Gasteiger partial charge in [0.1, 0.15) is 5.75 Å². The van der Waals surface area contributed by atoms with Crippen LogP contribution in [-0.4, -0.2) is 0 Å². The van der Waals surface area contributed by atoms with Gasteiger partial charge in [0.05, 0.1) is 5.02 Å². The Kier molecular flexibility index (Phi) is 3.63. The van der Waals surface area contributed by atoms with Crippen LogP contribution < -0.4 is 4.74 Å². The van der Waals surface area contributed by atoms with Crippen molar-refractivity contribution in [2.24, 2.45) is 0 Å². The zero-order chi connectivity index (χ0) is 17.7. The van der Waals surface area contributed by atoms with E-state index < -0.39 is 5.60 Å². The molecule has 0 aromatic heterocycles. The molecule has 0 unspecified atom stereocenters. The van der Waals surface area contributed by atoms with Crippen LogP contribution >= 0.6 is 23.2 Å². The fourth-order valence-electron chi connectivity index (χ4n) is 4.23. The third-order valence-electron chi connectivity index (χ3n) is 5.41. The van der Waals surface area contributed by atoms with Crippen LogP contribution in [0.4, 0.5) is 0 Å². The van der Waals surface area contributed by atoms with E-state index in [1.165, 1.54) is 11.1 Å². The highest BCUT2D eigenvalue weighted by Gasteiger charge is 2.60. The number of hydrogen-bond acceptors (Lipinski definition) is 1. The van der Waals surface area contributed by atoms with Crippen molar-refractivity contribution in [2.45, 2.75) is 17.9 Å². The smallest absolute Gasteiger partial charge is 0.163 e. The Bertz CT molecular complexity index is 1010. The first-order valence-electron chi connectivity index (χ1n) is 8.68. The van der Waals surface area contributed by atoms with Crippen LogP contribution in [0, 0.1) is 0 Å². The van der Waals surface area contributed by atoms with Crippen molar-refractivity contribution in [2.75, 3.05) is 0 Å². The van der Waals surface area contributed by atoms with E-state index in [2.05, 4.69) is 54.6 Å². The lowest BCUT2D eigenvalue weighted by molar-refractivity contribution is 0.0580. The minimum Gasteiger partial charge on any atom is -0.476 e. The highest BCUT2D eigenvalue weighted by atomic mass is 35.5. The zero-order valence-corrected chi connectivity index (χ0v) is 15.5. The van der Waals surface area contributed by atoms with Crippen LogP contribution in [0.3, 0.4) is 0 Å². The van der Waals surface area contributed by atoms with Crippen molar-refractivity contribution in [3.05, 3.63) is 105 Å². The first-order valence-corrected chi connectivity index (χ1v) is 9.43. The summed E-state index contributed by atoms with van der Waals surface area (Å²) in [6, 6.07) is 24.5. The minimum absolute atomic E-state index is 0.228. The second kappa shape index (κ2) is 5.90. The highest BCUT2D eigenvalue weighted by molar-refractivity contribution is 6.35. The van der Waals surface area contributed by atoms with E-state index in [-0.39, 0.29) is 5.92 Å². The van der Waals surface area contributed by atoms with E-state index in [1.54, 1.807) is 6.07 Å². The molecule has 2 aliphatic rings. The van der Waals surface area contributed by atoms with E-state index in [4.69, 9.17) is 27.9 Å². The van der Waals surface area contributed by atoms with Gasteiger partial charge in [-0.3, -0.25) is 0 Å². The lowest BCUT2D eigenvalue weighted by Gasteiger charge is -2.47. The number of fused-ring (bicyclic) bond motifs is 3. The van der Waals surface area contributed by atoms with Crippen molar-refractivity contribution < 1.29 is 4.74 Å². The number of rotatable bonds is 2. The Hall–Kier alpha value is -2.22. The van der Waals surface area contributed by atoms with E-state index in [1.807, 2.05) is 18.2 Å². The van der Waals surface area contributed by atoms with Crippen LogP contribution in [0.1, 0.15) is 29.0 Å². The van der Waals surface area contributed by atoms with Crippen molar-refractivity contribution in [3.8, 4) is 5.75 Å². The largest absolute Gasteiger partial charge is 0.476 e. The summed E-state index contributed by atoms with van der Waals surface area (Å²) >= 11 is 12.7. The molecular weight excluding hydrogens is 363 g/mol. The van der Waals surface area contributed by atoms with Crippen LogP contribution in [0.5, 0.6) is 5.75 Å². The summed E-state index contributed by atoms with van der Waals surface area (Å²) in [6.07, 6.45) is 3.18. The molecule has 128 valence electrons. The zero-order valence-electron chi connectivity index (χ0n) is 14.0. The van der Waals surface area contributed by atoms with Gasteiger partial charge in [-0.25, -0.2) is 0 Å². The Balaban J connectivity index is 1.68. The van der Waals surface area contributed by atoms with Gasteiger partial charge in [-0.2, -0.15) is 0 Å². The normalized spacial score (nSPS) is 24.5. The van der Waals surface area contributed by atoms with Gasteiger partial charge in [-0.15, -0.1) is 0 Å². The molecule has 0 amide bonds. The summed E-state index contributed by atoms with van der Waals surface area (Å²) in [5, 5.41) is 1.23. The number of halogens is 2. The molecule has 3 aromatic carbocycles. The van der Waals surface area contributed by atoms with Gasteiger partial charge in [-0.05, 0) is 29.7 Å². The van der Waals surface area contributed by atoms with Crippen LogP contribution in [0.25, 0.3) is 6.08 Å².